The molecule has 0 spiro atoms. The van der Waals surface area contributed by atoms with Gasteiger partial charge in [0.05, 0.1) is 5.41 Å². The molecule has 1 aliphatic carbocycles. The third-order valence-electron chi connectivity index (χ3n) is 5.05. The van der Waals surface area contributed by atoms with Crippen LogP contribution in [-0.4, -0.2) is 29.4 Å². The molecule has 0 aromatic heterocycles. The van der Waals surface area contributed by atoms with Crippen LogP contribution in [0.3, 0.4) is 0 Å². The fourth-order valence-electron chi connectivity index (χ4n) is 3.40. The second kappa shape index (κ2) is 6.63. The minimum Gasteiger partial charge on any atom is -0.481 e. The number of carbonyl (C=O) groups is 3. The molecule has 1 aromatic carbocycles. The fraction of sp³-hybridized carbons (Fsp3) is 0.500. The van der Waals surface area contributed by atoms with Crippen LogP contribution < -0.4 is 10.2 Å². The van der Waals surface area contributed by atoms with Gasteiger partial charge >= 0.3 is 5.97 Å². The Hall–Kier alpha value is -2.37. The molecule has 0 bridgehead atoms. The average molecular weight is 330 g/mol. The third kappa shape index (κ3) is 3.27. The number of hydrogen-bond donors (Lipinski definition) is 2. The van der Waals surface area contributed by atoms with Crippen molar-refractivity contribution in [1.29, 1.82) is 0 Å². The second-order valence-electron chi connectivity index (χ2n) is 6.71. The van der Waals surface area contributed by atoms with Crippen LogP contribution in [0.4, 0.5) is 5.69 Å². The molecule has 2 aliphatic rings. The van der Waals surface area contributed by atoms with E-state index in [4.69, 9.17) is 0 Å². The molecule has 0 atom stereocenters. The predicted molar refractivity (Wildman–Crippen MR) is 88.4 cm³/mol. The maximum atomic E-state index is 12.1. The van der Waals surface area contributed by atoms with Crippen molar-refractivity contribution in [2.24, 2.45) is 5.41 Å². The molecule has 0 unspecified atom stereocenters. The predicted octanol–water partition coefficient (Wildman–Crippen LogP) is 2.07. The minimum atomic E-state index is -0.876. The zero-order chi connectivity index (χ0) is 17.2. The number of carboxylic acids is 1. The molecule has 1 aromatic rings. The van der Waals surface area contributed by atoms with Gasteiger partial charge in [-0.25, -0.2) is 0 Å². The number of benzene rings is 1. The van der Waals surface area contributed by atoms with E-state index in [2.05, 4.69) is 5.32 Å². The molecule has 1 heterocycles. The lowest BCUT2D eigenvalue weighted by atomic mass is 9.66. The van der Waals surface area contributed by atoms with Gasteiger partial charge in [0.25, 0.3) is 0 Å². The molecule has 128 valence electrons. The van der Waals surface area contributed by atoms with Gasteiger partial charge in [-0.15, -0.1) is 0 Å². The molecule has 1 saturated carbocycles. The molecule has 0 radical (unpaired) electrons. The SMILES string of the molecule is O=C(CC1(C(=O)O)CCC1)NCc1cccc(N2CCCC2=O)c1. The van der Waals surface area contributed by atoms with Crippen molar-refractivity contribution in [3.8, 4) is 0 Å². The van der Waals surface area contributed by atoms with Gasteiger partial charge in [0, 0.05) is 31.6 Å². The molecule has 3 rings (SSSR count). The highest BCUT2D eigenvalue weighted by Crippen LogP contribution is 2.44. The largest absolute Gasteiger partial charge is 0.481 e. The Morgan fingerprint density at radius 3 is 2.62 bits per heavy atom. The number of carbonyl (C=O) groups excluding carboxylic acids is 2. The summed E-state index contributed by atoms with van der Waals surface area (Å²) in [6.07, 6.45) is 3.50. The Morgan fingerprint density at radius 1 is 1.25 bits per heavy atom. The van der Waals surface area contributed by atoms with Gasteiger partial charge in [-0.3, -0.25) is 14.4 Å². The standard InChI is InChI=1S/C18H22N2O4/c21-15(11-18(17(23)24)7-3-8-18)19-12-13-4-1-5-14(10-13)20-9-2-6-16(20)22/h1,4-5,10H,2-3,6-9,11-12H2,(H,19,21)(H,23,24). The molecular formula is C18H22N2O4. The molecule has 2 N–H and O–H groups in total. The fourth-order valence-corrected chi connectivity index (χ4v) is 3.40. The van der Waals surface area contributed by atoms with Gasteiger partial charge in [-0.1, -0.05) is 18.6 Å². The van der Waals surface area contributed by atoms with Crippen LogP contribution in [0.5, 0.6) is 0 Å². The molecule has 6 nitrogen and oxygen atoms in total. The smallest absolute Gasteiger partial charge is 0.310 e. The molecule has 1 saturated heterocycles. The first-order valence-electron chi connectivity index (χ1n) is 8.40. The minimum absolute atomic E-state index is 0.0344. The van der Waals surface area contributed by atoms with E-state index in [9.17, 15) is 19.5 Å². The number of amides is 2. The first-order chi connectivity index (χ1) is 11.5. The van der Waals surface area contributed by atoms with Crippen LogP contribution in [0.25, 0.3) is 0 Å². The molecule has 2 fully saturated rings. The number of anilines is 1. The van der Waals surface area contributed by atoms with Crippen molar-refractivity contribution in [3.63, 3.8) is 0 Å². The van der Waals surface area contributed by atoms with Gasteiger partial charge in [-0.2, -0.15) is 0 Å². The van der Waals surface area contributed by atoms with E-state index < -0.39 is 11.4 Å². The Morgan fingerprint density at radius 2 is 2.04 bits per heavy atom. The zero-order valence-electron chi connectivity index (χ0n) is 13.6. The highest BCUT2D eigenvalue weighted by atomic mass is 16.4. The summed E-state index contributed by atoms with van der Waals surface area (Å²) in [5.41, 5.74) is 0.886. The maximum absolute atomic E-state index is 12.1. The molecular weight excluding hydrogens is 308 g/mol. The van der Waals surface area contributed by atoms with E-state index in [1.54, 1.807) is 4.90 Å². The van der Waals surface area contributed by atoms with Gasteiger partial charge in [0.1, 0.15) is 0 Å². The van der Waals surface area contributed by atoms with Crippen molar-refractivity contribution < 1.29 is 19.5 Å². The third-order valence-corrected chi connectivity index (χ3v) is 5.05. The lowest BCUT2D eigenvalue weighted by Gasteiger charge is -2.36. The number of aliphatic carboxylic acids is 1. The first kappa shape index (κ1) is 16.5. The summed E-state index contributed by atoms with van der Waals surface area (Å²) in [5.74, 6) is -0.984. The van der Waals surface area contributed by atoms with E-state index >= 15 is 0 Å². The summed E-state index contributed by atoms with van der Waals surface area (Å²) in [4.78, 5) is 37.0. The van der Waals surface area contributed by atoms with Crippen molar-refractivity contribution in [1.82, 2.24) is 5.32 Å². The van der Waals surface area contributed by atoms with Gasteiger partial charge < -0.3 is 15.3 Å². The van der Waals surface area contributed by atoms with Crippen LogP contribution >= 0.6 is 0 Å². The van der Waals surface area contributed by atoms with Gasteiger partial charge in [0.2, 0.25) is 11.8 Å². The number of carboxylic acid groups (broad SMARTS) is 1. The summed E-state index contributed by atoms with van der Waals surface area (Å²) in [6.45, 7) is 1.07. The summed E-state index contributed by atoms with van der Waals surface area (Å²) < 4.78 is 0. The number of rotatable bonds is 6. The Bertz CT molecular complexity index is 667. The van der Waals surface area contributed by atoms with Crippen LogP contribution in [0, 0.1) is 5.41 Å². The maximum Gasteiger partial charge on any atom is 0.310 e. The summed E-state index contributed by atoms with van der Waals surface area (Å²) in [7, 11) is 0. The number of nitrogens with zero attached hydrogens (tertiary/aromatic N) is 1. The van der Waals surface area contributed by atoms with E-state index in [0.717, 1.165) is 30.6 Å². The van der Waals surface area contributed by atoms with Crippen molar-refractivity contribution >= 4 is 23.5 Å². The van der Waals surface area contributed by atoms with Crippen LogP contribution in [-0.2, 0) is 20.9 Å². The number of hydrogen-bond acceptors (Lipinski definition) is 3. The molecule has 6 heteroatoms. The average Bonchev–Trinajstić information content (AvgIpc) is 2.95. The highest BCUT2D eigenvalue weighted by molar-refractivity contribution is 5.95. The Labute approximate surface area is 140 Å². The quantitative estimate of drug-likeness (QED) is 0.836. The van der Waals surface area contributed by atoms with E-state index in [-0.39, 0.29) is 18.2 Å². The first-order valence-corrected chi connectivity index (χ1v) is 8.40. The molecule has 1 aliphatic heterocycles. The van der Waals surface area contributed by atoms with E-state index in [1.165, 1.54) is 0 Å². The van der Waals surface area contributed by atoms with Crippen molar-refractivity contribution in [3.05, 3.63) is 29.8 Å². The van der Waals surface area contributed by atoms with Crippen LogP contribution in [0.1, 0.15) is 44.1 Å². The topological polar surface area (TPSA) is 86.7 Å². The highest BCUT2D eigenvalue weighted by Gasteiger charge is 2.45. The lowest BCUT2D eigenvalue weighted by molar-refractivity contribution is -0.157. The summed E-state index contributed by atoms with van der Waals surface area (Å²) in [6, 6.07) is 7.55. The van der Waals surface area contributed by atoms with Crippen molar-refractivity contribution in [2.45, 2.75) is 45.1 Å². The van der Waals surface area contributed by atoms with Crippen molar-refractivity contribution in [2.75, 3.05) is 11.4 Å². The summed E-state index contributed by atoms with van der Waals surface area (Å²) in [5, 5.41) is 12.1. The second-order valence-corrected chi connectivity index (χ2v) is 6.71. The van der Waals surface area contributed by atoms with Gasteiger partial charge in [0.15, 0.2) is 0 Å². The van der Waals surface area contributed by atoms with Crippen LogP contribution in [0.15, 0.2) is 24.3 Å². The Balaban J connectivity index is 1.57. The monoisotopic (exact) mass is 330 g/mol. The lowest BCUT2D eigenvalue weighted by Crippen LogP contribution is -2.42. The Kier molecular flexibility index (Phi) is 4.55. The zero-order valence-corrected chi connectivity index (χ0v) is 13.6. The molecule has 24 heavy (non-hydrogen) atoms. The number of nitrogens with one attached hydrogen (secondary N) is 1. The normalized spacial score (nSPS) is 19.0. The summed E-state index contributed by atoms with van der Waals surface area (Å²) >= 11 is 0. The van der Waals surface area contributed by atoms with Gasteiger partial charge in [-0.05, 0) is 37.0 Å². The van der Waals surface area contributed by atoms with E-state index in [1.807, 2.05) is 24.3 Å². The molecule has 2 amide bonds. The van der Waals surface area contributed by atoms with Crippen LogP contribution in [0.2, 0.25) is 0 Å². The van der Waals surface area contributed by atoms with E-state index in [0.29, 0.717) is 25.8 Å².